The molecular formula is C15H26N4. The highest BCUT2D eigenvalue weighted by molar-refractivity contribution is 5.49. The molecule has 1 fully saturated rings. The summed E-state index contributed by atoms with van der Waals surface area (Å²) in [4.78, 5) is 6.79. The minimum Gasteiger partial charge on any atom is -0.381 e. The minimum atomic E-state index is 0.356. The molecule has 0 saturated heterocycles. The maximum atomic E-state index is 6.02. The molecule has 0 spiro atoms. The van der Waals surface area contributed by atoms with Gasteiger partial charge in [-0.2, -0.15) is 0 Å². The minimum absolute atomic E-state index is 0.356. The number of pyridine rings is 1. The molecule has 3 N–H and O–H groups in total. The average Bonchev–Trinajstić information content (AvgIpc) is 2.42. The monoisotopic (exact) mass is 262 g/mol. The SMILES string of the molecule is CCN(CC)c1ccc(NC2CCCC(N)C2)cn1. The number of hydrogen-bond acceptors (Lipinski definition) is 4. The highest BCUT2D eigenvalue weighted by Crippen LogP contribution is 2.21. The lowest BCUT2D eigenvalue weighted by Crippen LogP contribution is -2.34. The van der Waals surface area contributed by atoms with Crippen LogP contribution in [0.4, 0.5) is 11.5 Å². The standard InChI is InChI=1S/C15H26N4/c1-3-19(4-2)15-9-8-14(11-17-15)18-13-7-5-6-12(16)10-13/h8-9,11-13,18H,3-7,10,16H2,1-2H3. The molecule has 0 bridgehead atoms. The molecule has 1 aromatic heterocycles. The number of aromatic nitrogens is 1. The predicted octanol–water partition coefficient (Wildman–Crippen LogP) is 2.61. The van der Waals surface area contributed by atoms with E-state index in [0.717, 1.165) is 37.4 Å². The molecule has 0 amide bonds. The highest BCUT2D eigenvalue weighted by Gasteiger charge is 2.18. The van der Waals surface area contributed by atoms with Crippen LogP contribution in [0.3, 0.4) is 0 Å². The zero-order valence-corrected chi connectivity index (χ0v) is 12.1. The van der Waals surface area contributed by atoms with E-state index in [0.29, 0.717) is 12.1 Å². The molecule has 2 atom stereocenters. The molecule has 1 aromatic rings. The summed E-state index contributed by atoms with van der Waals surface area (Å²) in [5.74, 6) is 1.05. The molecule has 0 aliphatic heterocycles. The molecule has 1 heterocycles. The van der Waals surface area contributed by atoms with E-state index < -0.39 is 0 Å². The summed E-state index contributed by atoms with van der Waals surface area (Å²) in [7, 11) is 0. The second-order valence-corrected chi connectivity index (χ2v) is 5.35. The van der Waals surface area contributed by atoms with Crippen LogP contribution in [0.2, 0.25) is 0 Å². The van der Waals surface area contributed by atoms with Crippen molar-refractivity contribution in [2.75, 3.05) is 23.3 Å². The van der Waals surface area contributed by atoms with Crippen molar-refractivity contribution in [3.8, 4) is 0 Å². The topological polar surface area (TPSA) is 54.2 Å². The van der Waals surface area contributed by atoms with Crippen molar-refractivity contribution in [1.29, 1.82) is 0 Å². The number of nitrogens with zero attached hydrogens (tertiary/aromatic N) is 2. The number of rotatable bonds is 5. The van der Waals surface area contributed by atoms with Gasteiger partial charge in [-0.05, 0) is 51.7 Å². The number of nitrogens with two attached hydrogens (primary N) is 1. The van der Waals surface area contributed by atoms with Crippen molar-refractivity contribution in [3.05, 3.63) is 18.3 Å². The van der Waals surface area contributed by atoms with Gasteiger partial charge in [0.25, 0.3) is 0 Å². The van der Waals surface area contributed by atoms with Crippen LogP contribution >= 0.6 is 0 Å². The molecule has 0 radical (unpaired) electrons. The van der Waals surface area contributed by atoms with Crippen molar-refractivity contribution < 1.29 is 0 Å². The van der Waals surface area contributed by atoms with Crippen LogP contribution < -0.4 is 16.0 Å². The predicted molar refractivity (Wildman–Crippen MR) is 81.7 cm³/mol. The van der Waals surface area contributed by atoms with Gasteiger partial charge in [0.1, 0.15) is 5.82 Å². The van der Waals surface area contributed by atoms with Gasteiger partial charge >= 0.3 is 0 Å². The van der Waals surface area contributed by atoms with E-state index in [2.05, 4.69) is 41.2 Å². The Morgan fingerprint density at radius 1 is 1.32 bits per heavy atom. The largest absolute Gasteiger partial charge is 0.381 e. The van der Waals surface area contributed by atoms with Crippen molar-refractivity contribution >= 4 is 11.5 Å². The third-order valence-corrected chi connectivity index (χ3v) is 3.92. The first kappa shape index (κ1) is 14.1. The summed E-state index contributed by atoms with van der Waals surface area (Å²) < 4.78 is 0. The molecule has 4 heteroatoms. The molecule has 0 aromatic carbocycles. The van der Waals surface area contributed by atoms with Gasteiger partial charge in [-0.3, -0.25) is 0 Å². The molecule has 2 rings (SSSR count). The van der Waals surface area contributed by atoms with E-state index in [1.165, 1.54) is 12.8 Å². The molecular weight excluding hydrogens is 236 g/mol. The fraction of sp³-hybridized carbons (Fsp3) is 0.667. The smallest absolute Gasteiger partial charge is 0.128 e. The van der Waals surface area contributed by atoms with Gasteiger partial charge < -0.3 is 16.0 Å². The van der Waals surface area contributed by atoms with Gasteiger partial charge in [0, 0.05) is 25.2 Å². The third-order valence-electron chi connectivity index (χ3n) is 3.92. The Hall–Kier alpha value is -1.29. The maximum Gasteiger partial charge on any atom is 0.128 e. The Morgan fingerprint density at radius 2 is 2.11 bits per heavy atom. The molecule has 1 saturated carbocycles. The first-order valence-corrected chi connectivity index (χ1v) is 7.46. The first-order chi connectivity index (χ1) is 9.22. The summed E-state index contributed by atoms with van der Waals surface area (Å²) in [5.41, 5.74) is 7.12. The number of anilines is 2. The lowest BCUT2D eigenvalue weighted by Gasteiger charge is -2.28. The maximum absolute atomic E-state index is 6.02. The summed E-state index contributed by atoms with van der Waals surface area (Å²) in [6.07, 6.45) is 6.61. The molecule has 106 valence electrons. The summed E-state index contributed by atoms with van der Waals surface area (Å²) in [5, 5.41) is 3.55. The van der Waals surface area contributed by atoms with Crippen LogP contribution in [0, 0.1) is 0 Å². The second-order valence-electron chi connectivity index (χ2n) is 5.35. The summed E-state index contributed by atoms with van der Waals surface area (Å²) in [6, 6.07) is 5.08. The first-order valence-electron chi connectivity index (χ1n) is 7.46. The Balaban J connectivity index is 1.94. The Bertz CT molecular complexity index is 372. The van der Waals surface area contributed by atoms with Gasteiger partial charge in [-0.15, -0.1) is 0 Å². The molecule has 2 unspecified atom stereocenters. The molecule has 4 nitrogen and oxygen atoms in total. The van der Waals surface area contributed by atoms with Crippen LogP contribution in [0.15, 0.2) is 18.3 Å². The second kappa shape index (κ2) is 6.75. The molecule has 1 aliphatic rings. The van der Waals surface area contributed by atoms with E-state index in [4.69, 9.17) is 5.73 Å². The lowest BCUT2D eigenvalue weighted by molar-refractivity contribution is 0.409. The average molecular weight is 262 g/mol. The molecule has 19 heavy (non-hydrogen) atoms. The van der Waals surface area contributed by atoms with Crippen LogP contribution in [-0.2, 0) is 0 Å². The van der Waals surface area contributed by atoms with Crippen LogP contribution in [0.1, 0.15) is 39.5 Å². The number of nitrogens with one attached hydrogen (secondary N) is 1. The summed E-state index contributed by atoms with van der Waals surface area (Å²) in [6.45, 7) is 6.29. The van der Waals surface area contributed by atoms with Crippen molar-refractivity contribution in [3.63, 3.8) is 0 Å². The normalized spacial score (nSPS) is 23.1. The highest BCUT2D eigenvalue weighted by atomic mass is 15.2. The van der Waals surface area contributed by atoms with E-state index in [9.17, 15) is 0 Å². The van der Waals surface area contributed by atoms with Crippen LogP contribution in [0.5, 0.6) is 0 Å². The van der Waals surface area contributed by atoms with E-state index >= 15 is 0 Å². The fourth-order valence-corrected chi connectivity index (χ4v) is 2.80. The zero-order valence-electron chi connectivity index (χ0n) is 12.1. The Kier molecular flexibility index (Phi) is 5.02. The third kappa shape index (κ3) is 3.83. The van der Waals surface area contributed by atoms with Gasteiger partial charge in [0.05, 0.1) is 11.9 Å². The van der Waals surface area contributed by atoms with Crippen molar-refractivity contribution in [1.82, 2.24) is 4.98 Å². The fourth-order valence-electron chi connectivity index (χ4n) is 2.80. The van der Waals surface area contributed by atoms with E-state index in [-0.39, 0.29) is 0 Å². The van der Waals surface area contributed by atoms with Crippen LogP contribution in [-0.4, -0.2) is 30.2 Å². The Morgan fingerprint density at radius 3 is 2.68 bits per heavy atom. The molecule has 1 aliphatic carbocycles. The number of hydrogen-bond donors (Lipinski definition) is 2. The van der Waals surface area contributed by atoms with Crippen molar-refractivity contribution in [2.45, 2.75) is 51.6 Å². The zero-order chi connectivity index (χ0) is 13.7. The quantitative estimate of drug-likeness (QED) is 0.856. The van der Waals surface area contributed by atoms with Gasteiger partial charge in [-0.1, -0.05) is 0 Å². The van der Waals surface area contributed by atoms with Gasteiger partial charge in [0.15, 0.2) is 0 Å². The lowest BCUT2D eigenvalue weighted by atomic mass is 9.91. The van der Waals surface area contributed by atoms with Gasteiger partial charge in [-0.25, -0.2) is 4.98 Å². The van der Waals surface area contributed by atoms with Crippen molar-refractivity contribution in [2.24, 2.45) is 5.73 Å². The summed E-state index contributed by atoms with van der Waals surface area (Å²) >= 11 is 0. The van der Waals surface area contributed by atoms with E-state index in [1.807, 2.05) is 6.20 Å². The van der Waals surface area contributed by atoms with Gasteiger partial charge in [0.2, 0.25) is 0 Å². The van der Waals surface area contributed by atoms with Crippen LogP contribution in [0.25, 0.3) is 0 Å². The Labute approximate surface area is 116 Å². The van der Waals surface area contributed by atoms with E-state index in [1.54, 1.807) is 0 Å².